The normalized spacial score (nSPS) is 16.9. The first-order valence-corrected chi connectivity index (χ1v) is 10.7. The predicted octanol–water partition coefficient (Wildman–Crippen LogP) is 1.65. The predicted molar refractivity (Wildman–Crippen MR) is 118 cm³/mol. The molecule has 1 unspecified atom stereocenters. The van der Waals surface area contributed by atoms with E-state index in [1.54, 1.807) is 6.92 Å². The van der Waals surface area contributed by atoms with Crippen molar-refractivity contribution in [2.24, 2.45) is 4.99 Å². The fraction of sp³-hybridized carbons (Fsp3) is 0.429. The molecule has 156 valence electrons. The molecule has 2 heterocycles. The number of anilines is 1. The average molecular weight is 416 g/mol. The number of aliphatic imine (C=N–C) groups is 1. The van der Waals surface area contributed by atoms with Crippen LogP contribution < -0.4 is 20.9 Å². The quantitative estimate of drug-likeness (QED) is 0.408. The van der Waals surface area contributed by atoms with Gasteiger partial charge < -0.3 is 26.0 Å². The number of thiophene rings is 1. The molecule has 0 saturated carbocycles. The van der Waals surface area contributed by atoms with Crippen LogP contribution in [0, 0.1) is 0 Å². The molecule has 1 aromatic heterocycles. The van der Waals surface area contributed by atoms with E-state index in [2.05, 4.69) is 25.8 Å². The number of benzene rings is 1. The van der Waals surface area contributed by atoms with Crippen LogP contribution >= 0.6 is 11.3 Å². The van der Waals surface area contributed by atoms with Gasteiger partial charge in [-0.1, -0.05) is 18.2 Å². The SMILES string of the molecule is CCNC(=NCc1ccc(N2CCNC(=O)C2)cc1)NCC(C)(O)c1cccs1. The molecule has 1 saturated heterocycles. The van der Waals surface area contributed by atoms with Gasteiger partial charge in [0, 0.05) is 30.2 Å². The smallest absolute Gasteiger partial charge is 0.239 e. The van der Waals surface area contributed by atoms with E-state index in [4.69, 9.17) is 0 Å². The number of piperazine rings is 1. The van der Waals surface area contributed by atoms with Gasteiger partial charge in [-0.25, -0.2) is 4.99 Å². The highest BCUT2D eigenvalue weighted by molar-refractivity contribution is 7.10. The monoisotopic (exact) mass is 415 g/mol. The summed E-state index contributed by atoms with van der Waals surface area (Å²) in [4.78, 5) is 19.2. The maximum Gasteiger partial charge on any atom is 0.239 e. The molecular formula is C21H29N5O2S. The van der Waals surface area contributed by atoms with Crippen molar-refractivity contribution in [3.63, 3.8) is 0 Å². The van der Waals surface area contributed by atoms with E-state index in [9.17, 15) is 9.90 Å². The number of hydrogen-bond acceptors (Lipinski definition) is 5. The molecule has 7 nitrogen and oxygen atoms in total. The van der Waals surface area contributed by atoms with Crippen molar-refractivity contribution in [2.75, 3.05) is 37.6 Å². The summed E-state index contributed by atoms with van der Waals surface area (Å²) in [6.07, 6.45) is 0. The molecule has 1 aliphatic rings. The fourth-order valence-corrected chi connectivity index (χ4v) is 3.90. The molecule has 1 aliphatic heterocycles. The van der Waals surface area contributed by atoms with Gasteiger partial charge in [0.15, 0.2) is 5.96 Å². The lowest BCUT2D eigenvalue weighted by Gasteiger charge is -2.28. The third-order valence-electron chi connectivity index (χ3n) is 4.76. The summed E-state index contributed by atoms with van der Waals surface area (Å²) in [6.45, 7) is 7.35. The Bertz CT molecular complexity index is 818. The molecule has 0 spiro atoms. The average Bonchev–Trinajstić information content (AvgIpc) is 3.26. The second-order valence-electron chi connectivity index (χ2n) is 7.24. The van der Waals surface area contributed by atoms with E-state index in [-0.39, 0.29) is 5.91 Å². The molecule has 0 radical (unpaired) electrons. The number of carbonyl (C=O) groups excluding carboxylic acids is 1. The van der Waals surface area contributed by atoms with Crippen molar-refractivity contribution < 1.29 is 9.90 Å². The molecule has 2 aromatic rings. The Morgan fingerprint density at radius 3 is 2.76 bits per heavy atom. The number of rotatable bonds is 7. The minimum absolute atomic E-state index is 0.0599. The number of nitrogens with one attached hydrogen (secondary N) is 3. The Hall–Kier alpha value is -2.58. The number of carbonyl (C=O) groups is 1. The zero-order valence-electron chi connectivity index (χ0n) is 16.9. The summed E-state index contributed by atoms with van der Waals surface area (Å²) in [5.74, 6) is 0.728. The van der Waals surface area contributed by atoms with Crippen LogP contribution in [-0.2, 0) is 16.9 Å². The Kier molecular flexibility index (Phi) is 7.11. The molecule has 1 atom stereocenters. The van der Waals surface area contributed by atoms with Gasteiger partial charge in [0.25, 0.3) is 0 Å². The van der Waals surface area contributed by atoms with E-state index in [1.165, 1.54) is 11.3 Å². The van der Waals surface area contributed by atoms with Crippen LogP contribution in [0.4, 0.5) is 5.69 Å². The lowest BCUT2D eigenvalue weighted by atomic mass is 10.1. The Balaban J connectivity index is 1.58. The van der Waals surface area contributed by atoms with Crippen molar-refractivity contribution >= 4 is 28.9 Å². The highest BCUT2D eigenvalue weighted by atomic mass is 32.1. The molecular weight excluding hydrogens is 386 g/mol. The fourth-order valence-electron chi connectivity index (χ4n) is 3.11. The van der Waals surface area contributed by atoms with Crippen molar-refractivity contribution in [1.82, 2.24) is 16.0 Å². The highest BCUT2D eigenvalue weighted by Crippen LogP contribution is 2.24. The molecule has 3 rings (SSSR count). The highest BCUT2D eigenvalue weighted by Gasteiger charge is 2.24. The van der Waals surface area contributed by atoms with Crippen LogP contribution in [-0.4, -0.2) is 49.7 Å². The van der Waals surface area contributed by atoms with Gasteiger partial charge in [-0.15, -0.1) is 11.3 Å². The van der Waals surface area contributed by atoms with Gasteiger partial charge in [-0.3, -0.25) is 4.79 Å². The number of guanidine groups is 1. The van der Waals surface area contributed by atoms with Crippen LogP contribution in [0.2, 0.25) is 0 Å². The molecule has 29 heavy (non-hydrogen) atoms. The maximum atomic E-state index is 11.6. The maximum absolute atomic E-state index is 11.6. The van der Waals surface area contributed by atoms with E-state index in [0.29, 0.717) is 32.1 Å². The van der Waals surface area contributed by atoms with E-state index in [1.807, 2.05) is 48.7 Å². The lowest BCUT2D eigenvalue weighted by Crippen LogP contribution is -2.47. The molecule has 1 fully saturated rings. The van der Waals surface area contributed by atoms with Gasteiger partial charge >= 0.3 is 0 Å². The number of amides is 1. The standard InChI is InChI=1S/C21H29N5O2S/c1-3-22-20(25-15-21(2,28)18-5-4-12-29-18)24-13-16-6-8-17(9-7-16)26-11-10-23-19(27)14-26/h4-9,12,28H,3,10-11,13-15H2,1-2H3,(H,23,27)(H2,22,24,25). The summed E-state index contributed by atoms with van der Waals surface area (Å²) >= 11 is 1.54. The summed E-state index contributed by atoms with van der Waals surface area (Å²) in [5, 5.41) is 21.9. The second-order valence-corrected chi connectivity index (χ2v) is 8.19. The van der Waals surface area contributed by atoms with Gasteiger partial charge in [-0.05, 0) is 43.0 Å². The Morgan fingerprint density at radius 2 is 2.10 bits per heavy atom. The van der Waals surface area contributed by atoms with E-state index in [0.717, 1.165) is 29.2 Å². The van der Waals surface area contributed by atoms with Gasteiger partial charge in [0.1, 0.15) is 5.60 Å². The van der Waals surface area contributed by atoms with Crippen LogP contribution in [0.1, 0.15) is 24.3 Å². The van der Waals surface area contributed by atoms with Gasteiger partial charge in [-0.2, -0.15) is 0 Å². The minimum atomic E-state index is -0.952. The minimum Gasteiger partial charge on any atom is -0.383 e. The van der Waals surface area contributed by atoms with Gasteiger partial charge in [0.05, 0.1) is 19.6 Å². The van der Waals surface area contributed by atoms with E-state index >= 15 is 0 Å². The van der Waals surface area contributed by atoms with Crippen molar-refractivity contribution in [3.8, 4) is 0 Å². The zero-order chi connectivity index (χ0) is 20.7. The first kappa shape index (κ1) is 21.1. The summed E-state index contributed by atoms with van der Waals surface area (Å²) < 4.78 is 0. The topological polar surface area (TPSA) is 89.0 Å². The van der Waals surface area contributed by atoms with Gasteiger partial charge in [0.2, 0.25) is 5.91 Å². The molecule has 4 N–H and O–H groups in total. The molecule has 0 bridgehead atoms. The number of hydrogen-bond donors (Lipinski definition) is 4. The number of aliphatic hydroxyl groups is 1. The second kappa shape index (κ2) is 9.76. The third kappa shape index (κ3) is 5.95. The molecule has 1 aromatic carbocycles. The molecule has 1 amide bonds. The van der Waals surface area contributed by atoms with Crippen molar-refractivity contribution in [3.05, 3.63) is 52.2 Å². The van der Waals surface area contributed by atoms with Crippen molar-refractivity contribution in [2.45, 2.75) is 26.0 Å². The first-order chi connectivity index (χ1) is 14.0. The lowest BCUT2D eigenvalue weighted by molar-refractivity contribution is -0.120. The zero-order valence-corrected chi connectivity index (χ0v) is 17.8. The molecule has 8 heteroatoms. The van der Waals surface area contributed by atoms with Crippen molar-refractivity contribution in [1.29, 1.82) is 0 Å². The molecule has 0 aliphatic carbocycles. The third-order valence-corrected chi connectivity index (χ3v) is 5.88. The van der Waals surface area contributed by atoms with Crippen LogP contribution in [0.25, 0.3) is 0 Å². The largest absolute Gasteiger partial charge is 0.383 e. The van der Waals surface area contributed by atoms with Crippen LogP contribution in [0.3, 0.4) is 0 Å². The summed E-state index contributed by atoms with van der Waals surface area (Å²) in [7, 11) is 0. The number of nitrogens with zero attached hydrogens (tertiary/aromatic N) is 2. The first-order valence-electron chi connectivity index (χ1n) is 9.87. The summed E-state index contributed by atoms with van der Waals surface area (Å²) in [5.41, 5.74) is 1.18. The Morgan fingerprint density at radius 1 is 1.31 bits per heavy atom. The summed E-state index contributed by atoms with van der Waals surface area (Å²) in [6, 6.07) is 12.0. The Labute approximate surface area is 175 Å². The van der Waals surface area contributed by atoms with E-state index < -0.39 is 5.60 Å². The van der Waals surface area contributed by atoms with Crippen LogP contribution in [0.15, 0.2) is 46.8 Å². The van der Waals surface area contributed by atoms with Crippen LogP contribution in [0.5, 0.6) is 0 Å².